The van der Waals surface area contributed by atoms with E-state index in [-0.39, 0.29) is 21.8 Å². The van der Waals surface area contributed by atoms with Crippen molar-refractivity contribution in [3.05, 3.63) is 0 Å². The topological polar surface area (TPSA) is 80.5 Å². The largest absolute Gasteiger partial charge is 0.345 e. The molecule has 2 atom stereocenters. The zero-order valence-corrected chi connectivity index (χ0v) is 14.4. The maximum Gasteiger partial charge on any atom is 0.228 e. The van der Waals surface area contributed by atoms with Gasteiger partial charge >= 0.3 is 0 Å². The van der Waals surface area contributed by atoms with Crippen molar-refractivity contribution in [1.29, 1.82) is 0 Å². The minimum absolute atomic E-state index is 0.0656. The number of rotatable bonds is 4. The molecule has 0 saturated carbocycles. The molecule has 2 unspecified atom stereocenters. The summed E-state index contributed by atoms with van der Waals surface area (Å²) >= 11 is 0. The van der Waals surface area contributed by atoms with Gasteiger partial charge in [0.15, 0.2) is 9.84 Å². The number of carbonyl (C=O) groups is 1. The molecule has 2 saturated heterocycles. The predicted octanol–water partition coefficient (Wildman–Crippen LogP) is 1.18. The highest BCUT2D eigenvalue weighted by Gasteiger charge is 2.54. The fourth-order valence-corrected chi connectivity index (χ4v) is 6.58. The number of nitrogens with two attached hydrogens (primary N) is 1. The van der Waals surface area contributed by atoms with Gasteiger partial charge in [0.05, 0.1) is 10.5 Å². The van der Waals surface area contributed by atoms with Crippen LogP contribution in [0.3, 0.4) is 0 Å². The fourth-order valence-electron chi connectivity index (χ4n) is 3.91. The standard InChI is InChI=1S/C15H28N2O3S/c1-14(2,9-16)10-17(4)13(18)15(3)7-11-5-6-12(8-15)21(11,19)20/h11-12H,5-10,16H2,1-4H3. The Labute approximate surface area is 128 Å². The van der Waals surface area contributed by atoms with Crippen molar-refractivity contribution in [2.75, 3.05) is 20.1 Å². The Hall–Kier alpha value is -0.620. The summed E-state index contributed by atoms with van der Waals surface area (Å²) in [5.41, 5.74) is 5.07. The number of sulfone groups is 1. The minimum atomic E-state index is -2.99. The van der Waals surface area contributed by atoms with Crippen LogP contribution < -0.4 is 5.73 Å². The Morgan fingerprint density at radius 3 is 2.19 bits per heavy atom. The smallest absolute Gasteiger partial charge is 0.228 e. The van der Waals surface area contributed by atoms with Crippen LogP contribution in [0.4, 0.5) is 0 Å². The van der Waals surface area contributed by atoms with Crippen LogP contribution in [-0.2, 0) is 14.6 Å². The first-order valence-electron chi connectivity index (χ1n) is 7.70. The zero-order valence-electron chi connectivity index (χ0n) is 13.6. The average molecular weight is 316 g/mol. The lowest BCUT2D eigenvalue weighted by Gasteiger charge is -2.40. The number of hydrogen-bond acceptors (Lipinski definition) is 4. The number of amides is 1. The van der Waals surface area contributed by atoms with Crippen LogP contribution in [0.25, 0.3) is 0 Å². The van der Waals surface area contributed by atoms with Crippen LogP contribution >= 0.6 is 0 Å². The van der Waals surface area contributed by atoms with Gasteiger partial charge < -0.3 is 10.6 Å². The Bertz CT molecular complexity index is 507. The van der Waals surface area contributed by atoms with E-state index >= 15 is 0 Å². The van der Waals surface area contributed by atoms with Gasteiger partial charge in [-0.2, -0.15) is 0 Å². The molecule has 21 heavy (non-hydrogen) atoms. The van der Waals surface area contributed by atoms with Gasteiger partial charge in [-0.15, -0.1) is 0 Å². The Morgan fingerprint density at radius 2 is 1.76 bits per heavy atom. The number of hydrogen-bond donors (Lipinski definition) is 1. The normalized spacial score (nSPS) is 34.7. The van der Waals surface area contributed by atoms with Gasteiger partial charge in [0.1, 0.15) is 0 Å². The first-order chi connectivity index (χ1) is 9.52. The van der Waals surface area contributed by atoms with E-state index in [2.05, 4.69) is 0 Å². The SMILES string of the molecule is CN(CC(C)(C)CN)C(=O)C1(C)CC2CCC(C1)S2(=O)=O. The van der Waals surface area contributed by atoms with Crippen molar-refractivity contribution in [3.8, 4) is 0 Å². The van der Waals surface area contributed by atoms with Gasteiger partial charge in [-0.05, 0) is 37.6 Å². The summed E-state index contributed by atoms with van der Waals surface area (Å²) in [5, 5.41) is -0.637. The van der Waals surface area contributed by atoms with Crippen LogP contribution in [0.15, 0.2) is 0 Å². The molecule has 0 aromatic rings. The monoisotopic (exact) mass is 316 g/mol. The molecular formula is C15H28N2O3S. The molecule has 1 amide bonds. The second kappa shape index (κ2) is 5.23. The minimum Gasteiger partial charge on any atom is -0.345 e. The van der Waals surface area contributed by atoms with Crippen molar-refractivity contribution in [3.63, 3.8) is 0 Å². The lowest BCUT2D eigenvalue weighted by atomic mass is 9.80. The van der Waals surface area contributed by atoms with Crippen molar-refractivity contribution in [2.24, 2.45) is 16.6 Å². The number of nitrogens with zero attached hydrogens (tertiary/aromatic N) is 1. The van der Waals surface area contributed by atoms with Crippen LogP contribution in [-0.4, -0.2) is 49.9 Å². The molecular weight excluding hydrogens is 288 g/mol. The van der Waals surface area contributed by atoms with Gasteiger partial charge in [-0.3, -0.25) is 4.79 Å². The zero-order chi connectivity index (χ0) is 16.1. The highest BCUT2D eigenvalue weighted by atomic mass is 32.2. The Kier molecular flexibility index (Phi) is 4.17. The van der Waals surface area contributed by atoms with Gasteiger partial charge in [-0.25, -0.2) is 8.42 Å². The van der Waals surface area contributed by atoms with Crippen LogP contribution in [0, 0.1) is 10.8 Å². The molecule has 2 heterocycles. The Balaban J connectivity index is 2.13. The Morgan fingerprint density at radius 1 is 1.29 bits per heavy atom. The lowest BCUT2D eigenvalue weighted by Crippen LogP contribution is -2.50. The summed E-state index contributed by atoms with van der Waals surface area (Å²) in [5.74, 6) is 0.0656. The first kappa shape index (κ1) is 16.7. The highest BCUT2D eigenvalue weighted by Crippen LogP contribution is 2.48. The lowest BCUT2D eigenvalue weighted by molar-refractivity contribution is -0.142. The molecule has 6 heteroatoms. The molecule has 0 aliphatic carbocycles. The number of fused-ring (bicyclic) bond motifs is 2. The fraction of sp³-hybridized carbons (Fsp3) is 0.933. The van der Waals surface area contributed by atoms with E-state index in [9.17, 15) is 13.2 Å². The molecule has 2 fully saturated rings. The van der Waals surface area contributed by atoms with Crippen molar-refractivity contribution in [1.82, 2.24) is 4.90 Å². The van der Waals surface area contributed by atoms with E-state index in [0.29, 0.717) is 38.8 Å². The summed E-state index contributed by atoms with van der Waals surface area (Å²) in [6.07, 6.45) is 2.37. The molecule has 0 aromatic heterocycles. The van der Waals surface area contributed by atoms with E-state index in [1.165, 1.54) is 0 Å². The van der Waals surface area contributed by atoms with Gasteiger partial charge in [0.25, 0.3) is 0 Å². The van der Waals surface area contributed by atoms with E-state index in [4.69, 9.17) is 5.73 Å². The molecule has 2 aliphatic heterocycles. The molecule has 2 aliphatic rings. The third kappa shape index (κ3) is 2.97. The van der Waals surface area contributed by atoms with E-state index in [1.807, 2.05) is 20.8 Å². The molecule has 122 valence electrons. The first-order valence-corrected chi connectivity index (χ1v) is 9.31. The van der Waals surface area contributed by atoms with Crippen molar-refractivity contribution < 1.29 is 13.2 Å². The summed E-state index contributed by atoms with van der Waals surface area (Å²) in [6, 6.07) is 0. The number of carbonyl (C=O) groups excluding carboxylic acids is 1. The van der Waals surface area contributed by atoms with Crippen LogP contribution in [0.1, 0.15) is 46.5 Å². The average Bonchev–Trinajstić information content (AvgIpc) is 2.56. The molecule has 5 nitrogen and oxygen atoms in total. The summed E-state index contributed by atoms with van der Waals surface area (Å²) in [6.45, 7) is 7.12. The van der Waals surface area contributed by atoms with Gasteiger partial charge in [-0.1, -0.05) is 20.8 Å². The van der Waals surface area contributed by atoms with Crippen LogP contribution in [0.5, 0.6) is 0 Å². The predicted molar refractivity (Wildman–Crippen MR) is 83.5 cm³/mol. The second-order valence-corrected chi connectivity index (χ2v) is 10.4. The summed E-state index contributed by atoms with van der Waals surface area (Å²) in [7, 11) is -1.19. The molecule has 0 spiro atoms. The van der Waals surface area contributed by atoms with Gasteiger partial charge in [0.2, 0.25) is 5.91 Å². The highest BCUT2D eigenvalue weighted by molar-refractivity contribution is 7.93. The molecule has 0 aromatic carbocycles. The quantitative estimate of drug-likeness (QED) is 0.844. The van der Waals surface area contributed by atoms with Crippen molar-refractivity contribution >= 4 is 15.7 Å². The maximum absolute atomic E-state index is 12.8. The summed E-state index contributed by atoms with van der Waals surface area (Å²) < 4.78 is 24.4. The molecule has 2 bridgehead atoms. The third-order valence-corrected chi connectivity index (χ3v) is 7.84. The van der Waals surface area contributed by atoms with E-state index < -0.39 is 15.3 Å². The second-order valence-electron chi connectivity index (χ2n) is 7.91. The molecule has 2 N–H and O–H groups in total. The molecule has 2 rings (SSSR count). The van der Waals surface area contributed by atoms with Crippen molar-refractivity contribution in [2.45, 2.75) is 57.0 Å². The van der Waals surface area contributed by atoms with E-state index in [0.717, 1.165) is 0 Å². The summed E-state index contributed by atoms with van der Waals surface area (Å²) in [4.78, 5) is 14.6. The van der Waals surface area contributed by atoms with Gasteiger partial charge in [0, 0.05) is 19.0 Å². The van der Waals surface area contributed by atoms with Crippen LogP contribution in [0.2, 0.25) is 0 Å². The molecule has 0 radical (unpaired) electrons. The maximum atomic E-state index is 12.8. The van der Waals surface area contributed by atoms with E-state index in [1.54, 1.807) is 11.9 Å². The third-order valence-electron chi connectivity index (χ3n) is 5.18.